The molecular weight excluding hydrogens is 336 g/mol. The average Bonchev–Trinajstić information content (AvgIpc) is 3.19. The Labute approximate surface area is 162 Å². The molecule has 3 fully saturated rings. The number of rotatable bonds is 2. The first-order valence-corrected chi connectivity index (χ1v) is 11.2. The first-order valence-electron chi connectivity index (χ1n) is 11.2. The van der Waals surface area contributed by atoms with E-state index in [2.05, 4.69) is 19.9 Å². The highest BCUT2D eigenvalue weighted by atomic mass is 16.3. The van der Waals surface area contributed by atoms with Crippen LogP contribution >= 0.6 is 0 Å². The molecule has 0 radical (unpaired) electrons. The molecule has 0 saturated heterocycles. The van der Waals surface area contributed by atoms with Crippen molar-refractivity contribution in [2.45, 2.75) is 84.7 Å². The van der Waals surface area contributed by atoms with Crippen LogP contribution < -0.4 is 0 Å². The van der Waals surface area contributed by atoms with E-state index in [1.54, 1.807) is 0 Å². The first-order chi connectivity index (χ1) is 12.9. The summed E-state index contributed by atoms with van der Waals surface area (Å²) in [5, 5.41) is 10.6. The first kappa shape index (κ1) is 18.0. The summed E-state index contributed by atoms with van der Waals surface area (Å²) >= 11 is 0. The van der Waals surface area contributed by atoms with Crippen LogP contribution in [0.15, 0.2) is 10.5 Å². The van der Waals surface area contributed by atoms with Gasteiger partial charge in [-0.25, -0.2) is 0 Å². The predicted molar refractivity (Wildman–Crippen MR) is 105 cm³/mol. The third kappa shape index (κ3) is 2.39. The number of aliphatic hydroxyl groups excluding tert-OH is 1. The van der Waals surface area contributed by atoms with E-state index in [1.807, 2.05) is 6.92 Å². The van der Waals surface area contributed by atoms with Crippen molar-refractivity contribution in [3.8, 4) is 0 Å². The summed E-state index contributed by atoms with van der Waals surface area (Å²) in [5.74, 6) is 4.70. The number of carbonyl (C=O) groups excluding carboxylic acids is 1. The van der Waals surface area contributed by atoms with Gasteiger partial charge in [0.05, 0.1) is 6.10 Å². The highest BCUT2D eigenvalue weighted by Gasteiger charge is 2.60. The Bertz CT molecular complexity index is 764. The van der Waals surface area contributed by atoms with Crippen LogP contribution in [0.1, 0.15) is 87.6 Å². The van der Waals surface area contributed by atoms with Gasteiger partial charge in [-0.15, -0.1) is 0 Å². The van der Waals surface area contributed by atoms with E-state index >= 15 is 0 Å². The summed E-state index contributed by atoms with van der Waals surface area (Å²) in [4.78, 5) is 12.1. The molecule has 0 aliphatic heterocycles. The standard InChI is InChI=1S/C24H34O3/c1-4-19(25)21-11-14-13-24(3)15(12-20(14)27-21)5-6-16-17-7-8-22(26)23(17,2)10-9-18(16)24/h11,15-18,22,26H,4-10,12-13H2,1-3H3/t15-,16?,17?,18?,22-,23-,24-/m0/s1. The molecule has 0 spiro atoms. The highest BCUT2D eigenvalue weighted by molar-refractivity contribution is 5.93. The Hall–Kier alpha value is -1.09. The van der Waals surface area contributed by atoms with Crippen LogP contribution in [0.4, 0.5) is 0 Å². The molecule has 148 valence electrons. The maximum Gasteiger partial charge on any atom is 0.197 e. The number of carbonyl (C=O) groups is 1. The van der Waals surface area contributed by atoms with Gasteiger partial charge in [-0.05, 0) is 91.1 Å². The van der Waals surface area contributed by atoms with E-state index in [0.717, 1.165) is 36.9 Å². The minimum Gasteiger partial charge on any atom is -0.458 e. The Balaban J connectivity index is 1.46. The van der Waals surface area contributed by atoms with E-state index in [1.165, 1.54) is 37.7 Å². The van der Waals surface area contributed by atoms with Gasteiger partial charge >= 0.3 is 0 Å². The van der Waals surface area contributed by atoms with Crippen molar-refractivity contribution in [2.75, 3.05) is 0 Å². The topological polar surface area (TPSA) is 50.4 Å². The van der Waals surface area contributed by atoms with Crippen molar-refractivity contribution in [1.82, 2.24) is 0 Å². The number of Topliss-reactive ketones (excluding diaryl/α,β-unsaturated/α-hetero) is 1. The van der Waals surface area contributed by atoms with Gasteiger partial charge in [0, 0.05) is 12.8 Å². The zero-order valence-electron chi connectivity index (χ0n) is 17.1. The molecule has 7 atom stereocenters. The maximum absolute atomic E-state index is 12.1. The van der Waals surface area contributed by atoms with Gasteiger partial charge in [0.25, 0.3) is 0 Å². The normalized spacial score (nSPS) is 45.6. The van der Waals surface area contributed by atoms with E-state index < -0.39 is 0 Å². The summed E-state index contributed by atoms with van der Waals surface area (Å²) < 4.78 is 6.01. The SMILES string of the molecule is CCC(=O)c1cc2c(o1)C[C@@H]1CCC3C4CC[C@H](O)[C@@]4(C)CCC3[C@@]1(C)C2. The summed E-state index contributed by atoms with van der Waals surface area (Å²) in [6, 6.07) is 2.05. The fraction of sp³-hybridized carbons (Fsp3) is 0.792. The van der Waals surface area contributed by atoms with Crippen LogP contribution in [0, 0.1) is 34.5 Å². The van der Waals surface area contributed by atoms with Gasteiger partial charge in [-0.3, -0.25) is 4.79 Å². The lowest BCUT2D eigenvalue weighted by Crippen LogP contribution is -2.54. The summed E-state index contributed by atoms with van der Waals surface area (Å²) in [7, 11) is 0. The third-order valence-corrected chi connectivity index (χ3v) is 9.51. The molecular formula is C24H34O3. The Morgan fingerprint density at radius 2 is 1.93 bits per heavy atom. The van der Waals surface area contributed by atoms with Crippen LogP contribution in [0.25, 0.3) is 0 Å². The molecule has 3 nitrogen and oxygen atoms in total. The van der Waals surface area contributed by atoms with Crippen molar-refractivity contribution in [1.29, 1.82) is 0 Å². The lowest BCUT2D eigenvalue weighted by molar-refractivity contribution is -0.112. The molecule has 5 rings (SSSR count). The molecule has 0 aromatic carbocycles. The van der Waals surface area contributed by atoms with E-state index in [9.17, 15) is 9.90 Å². The number of ketones is 1. The predicted octanol–water partition coefficient (Wildman–Crippen LogP) is 5.19. The Morgan fingerprint density at radius 3 is 2.70 bits per heavy atom. The molecule has 0 bridgehead atoms. The maximum atomic E-state index is 12.1. The average molecular weight is 371 g/mol. The number of aliphatic hydroxyl groups is 1. The zero-order valence-corrected chi connectivity index (χ0v) is 17.1. The van der Waals surface area contributed by atoms with Gasteiger partial charge in [-0.2, -0.15) is 0 Å². The molecule has 1 N–H and O–H groups in total. The van der Waals surface area contributed by atoms with E-state index in [0.29, 0.717) is 29.4 Å². The fourth-order valence-electron chi connectivity index (χ4n) is 7.85. The largest absolute Gasteiger partial charge is 0.458 e. The fourth-order valence-corrected chi connectivity index (χ4v) is 7.85. The molecule has 0 amide bonds. The Kier molecular flexibility index (Phi) is 3.96. The number of hydrogen-bond acceptors (Lipinski definition) is 3. The lowest BCUT2D eigenvalue weighted by Gasteiger charge is -2.59. The molecule has 4 aliphatic carbocycles. The second kappa shape index (κ2) is 5.95. The molecule has 3 heteroatoms. The van der Waals surface area contributed by atoms with Crippen molar-refractivity contribution < 1.29 is 14.3 Å². The second-order valence-corrected chi connectivity index (χ2v) is 10.5. The van der Waals surface area contributed by atoms with Gasteiger partial charge in [0.1, 0.15) is 5.76 Å². The lowest BCUT2D eigenvalue weighted by atomic mass is 9.45. The van der Waals surface area contributed by atoms with Gasteiger partial charge in [-0.1, -0.05) is 20.8 Å². The monoisotopic (exact) mass is 370 g/mol. The van der Waals surface area contributed by atoms with Crippen LogP contribution in [0.5, 0.6) is 0 Å². The number of fused-ring (bicyclic) bond motifs is 6. The van der Waals surface area contributed by atoms with Gasteiger partial charge in [0.2, 0.25) is 0 Å². The Morgan fingerprint density at radius 1 is 1.15 bits per heavy atom. The van der Waals surface area contributed by atoms with Crippen LogP contribution in [-0.4, -0.2) is 17.0 Å². The van der Waals surface area contributed by atoms with Crippen LogP contribution in [-0.2, 0) is 12.8 Å². The van der Waals surface area contributed by atoms with E-state index in [-0.39, 0.29) is 17.3 Å². The minimum absolute atomic E-state index is 0.0940. The van der Waals surface area contributed by atoms with Crippen LogP contribution in [0.2, 0.25) is 0 Å². The molecule has 3 saturated carbocycles. The molecule has 1 aromatic rings. The number of hydrogen-bond donors (Lipinski definition) is 1. The molecule has 27 heavy (non-hydrogen) atoms. The molecule has 4 aliphatic rings. The quantitative estimate of drug-likeness (QED) is 0.729. The van der Waals surface area contributed by atoms with Gasteiger partial charge < -0.3 is 9.52 Å². The molecule has 1 aromatic heterocycles. The number of furan rings is 1. The van der Waals surface area contributed by atoms with Crippen molar-refractivity contribution >= 4 is 5.78 Å². The van der Waals surface area contributed by atoms with Crippen LogP contribution in [0.3, 0.4) is 0 Å². The molecule has 1 heterocycles. The second-order valence-electron chi connectivity index (χ2n) is 10.5. The van der Waals surface area contributed by atoms with E-state index in [4.69, 9.17) is 4.42 Å². The summed E-state index contributed by atoms with van der Waals surface area (Å²) in [5.41, 5.74) is 1.77. The smallest absolute Gasteiger partial charge is 0.197 e. The van der Waals surface area contributed by atoms with Gasteiger partial charge in [0.15, 0.2) is 11.5 Å². The highest BCUT2D eigenvalue weighted by Crippen LogP contribution is 2.65. The van der Waals surface area contributed by atoms with Crippen molar-refractivity contribution in [3.63, 3.8) is 0 Å². The third-order valence-electron chi connectivity index (χ3n) is 9.51. The summed E-state index contributed by atoms with van der Waals surface area (Å²) in [6.07, 6.45) is 9.74. The van der Waals surface area contributed by atoms with Crippen molar-refractivity contribution in [2.24, 2.45) is 34.5 Å². The zero-order chi connectivity index (χ0) is 19.0. The molecule has 3 unspecified atom stereocenters. The van der Waals surface area contributed by atoms with Crippen molar-refractivity contribution in [3.05, 3.63) is 23.2 Å². The summed E-state index contributed by atoms with van der Waals surface area (Å²) in [6.45, 7) is 6.79. The minimum atomic E-state index is -0.0940.